The van der Waals surface area contributed by atoms with Crippen molar-refractivity contribution in [2.45, 2.75) is 13.0 Å². The number of nitro groups is 1. The van der Waals surface area contributed by atoms with Crippen LogP contribution in [0.25, 0.3) is 0 Å². The number of hydrogen-bond donors (Lipinski definition) is 0. The molecule has 0 heterocycles. The van der Waals surface area contributed by atoms with Gasteiger partial charge >= 0.3 is 5.97 Å². The number of hydrogen-bond acceptors (Lipinski definition) is 7. The molecule has 2 rings (SSSR count). The van der Waals surface area contributed by atoms with E-state index in [0.717, 1.165) is 0 Å². The van der Waals surface area contributed by atoms with Crippen molar-refractivity contribution in [3.05, 3.63) is 57.6 Å². The number of nitro benzene ring substituents is 1. The number of carbonyl (C=O) groups is 1. The van der Waals surface area contributed by atoms with Gasteiger partial charge in [0.15, 0.2) is 11.5 Å². The van der Waals surface area contributed by atoms with Crippen LogP contribution in [0.1, 0.15) is 28.9 Å². The van der Waals surface area contributed by atoms with Crippen LogP contribution in [-0.2, 0) is 4.74 Å². The molecule has 8 nitrogen and oxygen atoms in total. The summed E-state index contributed by atoms with van der Waals surface area (Å²) < 4.78 is 21.1. The van der Waals surface area contributed by atoms with Gasteiger partial charge in [0.05, 0.1) is 26.3 Å². The third-order valence-corrected chi connectivity index (χ3v) is 3.76. The van der Waals surface area contributed by atoms with E-state index >= 15 is 0 Å². The zero-order valence-electron chi connectivity index (χ0n) is 14.8. The summed E-state index contributed by atoms with van der Waals surface area (Å²) in [7, 11) is 4.30. The van der Waals surface area contributed by atoms with Crippen LogP contribution in [0.4, 0.5) is 5.69 Å². The maximum absolute atomic E-state index is 12.6. The number of ether oxygens (including phenoxy) is 4. The Kier molecular flexibility index (Phi) is 6.00. The Morgan fingerprint density at radius 3 is 2.31 bits per heavy atom. The maximum atomic E-state index is 12.6. The minimum atomic E-state index is -0.694. The molecular formula is C18H19NO7. The molecule has 138 valence electrons. The van der Waals surface area contributed by atoms with Gasteiger partial charge in [-0.1, -0.05) is 12.1 Å². The molecule has 0 aliphatic heterocycles. The fourth-order valence-electron chi connectivity index (χ4n) is 2.45. The highest BCUT2D eigenvalue weighted by Crippen LogP contribution is 2.40. The van der Waals surface area contributed by atoms with Gasteiger partial charge in [-0.25, -0.2) is 4.79 Å². The van der Waals surface area contributed by atoms with Crippen LogP contribution < -0.4 is 14.2 Å². The molecule has 0 aliphatic rings. The van der Waals surface area contributed by atoms with Crippen molar-refractivity contribution in [1.29, 1.82) is 0 Å². The van der Waals surface area contributed by atoms with E-state index in [-0.39, 0.29) is 22.7 Å². The van der Waals surface area contributed by atoms with Gasteiger partial charge in [0.25, 0.3) is 5.69 Å². The van der Waals surface area contributed by atoms with Crippen molar-refractivity contribution in [3.8, 4) is 17.2 Å². The highest BCUT2D eigenvalue weighted by Gasteiger charge is 2.24. The zero-order valence-corrected chi connectivity index (χ0v) is 14.8. The molecule has 2 aromatic rings. The Labute approximate surface area is 150 Å². The molecule has 0 radical (unpaired) electrons. The third kappa shape index (κ3) is 3.85. The Morgan fingerprint density at radius 1 is 1.04 bits per heavy atom. The molecule has 0 aromatic heterocycles. The van der Waals surface area contributed by atoms with E-state index in [1.165, 1.54) is 45.6 Å². The summed E-state index contributed by atoms with van der Waals surface area (Å²) in [5.74, 6) is 0.213. The molecular weight excluding hydrogens is 342 g/mol. The Balaban J connectivity index is 2.30. The van der Waals surface area contributed by atoms with Gasteiger partial charge in [-0.15, -0.1) is 0 Å². The van der Waals surface area contributed by atoms with E-state index in [1.807, 2.05) is 0 Å². The average Bonchev–Trinajstić information content (AvgIpc) is 2.66. The fraction of sp³-hybridized carbons (Fsp3) is 0.278. The third-order valence-electron chi connectivity index (χ3n) is 3.76. The molecule has 0 amide bonds. The van der Waals surface area contributed by atoms with E-state index in [0.29, 0.717) is 11.3 Å². The summed E-state index contributed by atoms with van der Waals surface area (Å²) in [5, 5.41) is 10.9. The summed E-state index contributed by atoms with van der Waals surface area (Å²) in [6, 6.07) is 8.99. The maximum Gasteiger partial charge on any atom is 0.342 e. The van der Waals surface area contributed by atoms with E-state index in [9.17, 15) is 14.9 Å². The number of carbonyl (C=O) groups excluding carboxylic acids is 1. The van der Waals surface area contributed by atoms with Crippen LogP contribution in [0, 0.1) is 10.1 Å². The molecule has 2 aromatic carbocycles. The minimum Gasteiger partial charge on any atom is -0.493 e. The minimum absolute atomic E-state index is 0.0749. The van der Waals surface area contributed by atoms with E-state index in [4.69, 9.17) is 18.9 Å². The highest BCUT2D eigenvalue weighted by molar-refractivity contribution is 5.94. The molecule has 0 aliphatic carbocycles. The first-order valence-corrected chi connectivity index (χ1v) is 7.67. The fourth-order valence-corrected chi connectivity index (χ4v) is 2.45. The average molecular weight is 361 g/mol. The van der Waals surface area contributed by atoms with Gasteiger partial charge < -0.3 is 18.9 Å². The lowest BCUT2D eigenvalue weighted by atomic mass is 10.1. The van der Waals surface area contributed by atoms with Gasteiger partial charge in [0.1, 0.15) is 11.7 Å². The predicted molar refractivity (Wildman–Crippen MR) is 93.0 cm³/mol. The zero-order chi connectivity index (χ0) is 19.3. The predicted octanol–water partition coefficient (Wildman–Crippen LogP) is 3.54. The van der Waals surface area contributed by atoms with Crippen LogP contribution in [0.3, 0.4) is 0 Å². The molecule has 1 atom stereocenters. The van der Waals surface area contributed by atoms with Crippen LogP contribution in [-0.4, -0.2) is 32.2 Å². The molecule has 0 fully saturated rings. The van der Waals surface area contributed by atoms with Crippen molar-refractivity contribution >= 4 is 11.7 Å². The Morgan fingerprint density at radius 2 is 1.73 bits per heavy atom. The van der Waals surface area contributed by atoms with E-state index in [1.54, 1.807) is 19.1 Å². The van der Waals surface area contributed by atoms with Crippen molar-refractivity contribution in [2.75, 3.05) is 21.3 Å². The second-order valence-electron chi connectivity index (χ2n) is 5.28. The quantitative estimate of drug-likeness (QED) is 0.423. The molecule has 0 saturated heterocycles. The second-order valence-corrected chi connectivity index (χ2v) is 5.28. The lowest BCUT2D eigenvalue weighted by molar-refractivity contribution is -0.385. The monoisotopic (exact) mass is 361 g/mol. The van der Waals surface area contributed by atoms with E-state index in [2.05, 4.69) is 0 Å². The summed E-state index contributed by atoms with van der Waals surface area (Å²) in [6.07, 6.45) is -0.694. The molecule has 1 unspecified atom stereocenters. The molecule has 26 heavy (non-hydrogen) atoms. The lowest BCUT2D eigenvalue weighted by Gasteiger charge is -2.17. The highest BCUT2D eigenvalue weighted by atomic mass is 16.6. The van der Waals surface area contributed by atoms with Crippen LogP contribution in [0.2, 0.25) is 0 Å². The number of esters is 1. The molecule has 0 spiro atoms. The normalized spacial score (nSPS) is 11.4. The van der Waals surface area contributed by atoms with Gasteiger partial charge in [-0.2, -0.15) is 0 Å². The van der Waals surface area contributed by atoms with Crippen molar-refractivity contribution < 1.29 is 28.7 Å². The summed E-state index contributed by atoms with van der Waals surface area (Å²) >= 11 is 0. The lowest BCUT2D eigenvalue weighted by Crippen LogP contribution is -2.11. The first-order chi connectivity index (χ1) is 12.4. The van der Waals surface area contributed by atoms with Gasteiger partial charge in [0, 0.05) is 12.1 Å². The molecule has 0 saturated carbocycles. The van der Waals surface area contributed by atoms with Crippen LogP contribution >= 0.6 is 0 Å². The second kappa shape index (κ2) is 8.19. The standard InChI is InChI=1S/C18H19NO7/c1-11(12-6-5-7-13(10-12)19(21)22)26-18(20)14-8-9-15(23-2)17(25-4)16(14)24-3/h5-11H,1-4H3. The molecule has 8 heteroatoms. The summed E-state index contributed by atoms with van der Waals surface area (Å²) in [5.41, 5.74) is 0.587. The number of non-ortho nitro benzene ring substituents is 1. The Bertz CT molecular complexity index is 819. The SMILES string of the molecule is COc1ccc(C(=O)OC(C)c2cccc([N+](=O)[O-])c2)c(OC)c1OC. The topological polar surface area (TPSA) is 97.1 Å². The smallest absolute Gasteiger partial charge is 0.342 e. The summed E-state index contributed by atoms with van der Waals surface area (Å²) in [6.45, 7) is 1.63. The van der Waals surface area contributed by atoms with Gasteiger partial charge in [-0.05, 0) is 24.6 Å². The number of methoxy groups -OCH3 is 3. The Hall–Kier alpha value is -3.29. The first kappa shape index (κ1) is 19.0. The van der Waals surface area contributed by atoms with Crippen LogP contribution in [0.5, 0.6) is 17.2 Å². The van der Waals surface area contributed by atoms with Crippen LogP contribution in [0.15, 0.2) is 36.4 Å². The number of nitrogens with zero attached hydrogens (tertiary/aromatic N) is 1. The molecule has 0 bridgehead atoms. The number of benzene rings is 2. The molecule has 0 N–H and O–H groups in total. The summed E-state index contributed by atoms with van der Waals surface area (Å²) in [4.78, 5) is 22.9. The largest absolute Gasteiger partial charge is 0.493 e. The van der Waals surface area contributed by atoms with Gasteiger partial charge in [-0.3, -0.25) is 10.1 Å². The van der Waals surface area contributed by atoms with Crippen molar-refractivity contribution in [2.24, 2.45) is 0 Å². The van der Waals surface area contributed by atoms with Gasteiger partial charge in [0.2, 0.25) is 5.75 Å². The van der Waals surface area contributed by atoms with Crippen molar-refractivity contribution in [1.82, 2.24) is 0 Å². The first-order valence-electron chi connectivity index (χ1n) is 7.67. The van der Waals surface area contributed by atoms with Crippen molar-refractivity contribution in [3.63, 3.8) is 0 Å². The van der Waals surface area contributed by atoms with E-state index < -0.39 is 17.0 Å². The number of rotatable bonds is 7.